The van der Waals surface area contributed by atoms with E-state index in [0.29, 0.717) is 6.04 Å². The Bertz CT molecular complexity index is 104. The molecule has 1 aliphatic rings. The van der Waals surface area contributed by atoms with E-state index in [1.807, 2.05) is 0 Å². The third-order valence-electron chi connectivity index (χ3n) is 3.11. The van der Waals surface area contributed by atoms with Crippen LogP contribution >= 0.6 is 0 Å². The Balaban J connectivity index is 2.01. The fourth-order valence-corrected chi connectivity index (χ4v) is 2.16. The average Bonchev–Trinajstić information content (AvgIpc) is 2.09. The van der Waals surface area contributed by atoms with Crippen LogP contribution in [0.2, 0.25) is 0 Å². The molecule has 1 saturated carbocycles. The van der Waals surface area contributed by atoms with E-state index in [9.17, 15) is 0 Å². The van der Waals surface area contributed by atoms with Gasteiger partial charge in [0.25, 0.3) is 0 Å². The molecule has 0 spiro atoms. The van der Waals surface area contributed by atoms with Gasteiger partial charge in [-0.25, -0.2) is 0 Å². The number of rotatable bonds is 4. The summed E-state index contributed by atoms with van der Waals surface area (Å²) in [5.41, 5.74) is 5.85. The molecule has 1 nitrogen and oxygen atoms in total. The van der Waals surface area contributed by atoms with E-state index in [1.54, 1.807) is 0 Å². The van der Waals surface area contributed by atoms with Crippen LogP contribution in [-0.2, 0) is 0 Å². The highest BCUT2D eigenvalue weighted by molar-refractivity contribution is 4.73. The minimum absolute atomic E-state index is 0.521. The second kappa shape index (κ2) is 5.58. The van der Waals surface area contributed by atoms with Crippen molar-refractivity contribution in [1.29, 1.82) is 0 Å². The van der Waals surface area contributed by atoms with Crippen molar-refractivity contribution < 1.29 is 0 Å². The number of hydrogen-bond donors (Lipinski definition) is 1. The molecule has 0 aromatic heterocycles. The first-order valence-corrected chi connectivity index (χ1v) is 5.58. The standard InChI is InChI=1S/C11H23N/c1-2-3-4-5-10-6-8-11(12)9-7-10/h10-11H,2-9,12H2,1H3/t10-,11-. The number of nitrogens with two attached hydrogens (primary N) is 1. The van der Waals surface area contributed by atoms with Crippen LogP contribution < -0.4 is 5.73 Å². The molecule has 72 valence electrons. The van der Waals surface area contributed by atoms with Crippen LogP contribution in [0.3, 0.4) is 0 Å². The Morgan fingerprint density at radius 2 is 1.75 bits per heavy atom. The van der Waals surface area contributed by atoms with Gasteiger partial charge >= 0.3 is 0 Å². The van der Waals surface area contributed by atoms with Gasteiger partial charge < -0.3 is 5.73 Å². The highest BCUT2D eigenvalue weighted by Gasteiger charge is 2.17. The van der Waals surface area contributed by atoms with Crippen molar-refractivity contribution in [3.8, 4) is 0 Å². The van der Waals surface area contributed by atoms with Crippen molar-refractivity contribution in [1.82, 2.24) is 0 Å². The maximum Gasteiger partial charge on any atom is 0.00390 e. The zero-order chi connectivity index (χ0) is 8.81. The summed E-state index contributed by atoms with van der Waals surface area (Å²) in [6, 6.07) is 0.521. The van der Waals surface area contributed by atoms with Gasteiger partial charge in [-0.05, 0) is 31.6 Å². The molecule has 12 heavy (non-hydrogen) atoms. The summed E-state index contributed by atoms with van der Waals surface area (Å²) in [5.74, 6) is 1.01. The smallest absolute Gasteiger partial charge is 0.00390 e. The van der Waals surface area contributed by atoms with E-state index in [-0.39, 0.29) is 0 Å². The molecule has 1 rings (SSSR count). The fourth-order valence-electron chi connectivity index (χ4n) is 2.16. The summed E-state index contributed by atoms with van der Waals surface area (Å²) >= 11 is 0. The Labute approximate surface area is 76.7 Å². The Morgan fingerprint density at radius 1 is 1.08 bits per heavy atom. The summed E-state index contributed by atoms with van der Waals surface area (Å²) in [5, 5.41) is 0. The molecule has 1 fully saturated rings. The summed E-state index contributed by atoms with van der Waals surface area (Å²) in [6.07, 6.45) is 11.0. The molecular formula is C11H23N. The minimum atomic E-state index is 0.521. The van der Waals surface area contributed by atoms with Crippen molar-refractivity contribution in [2.45, 2.75) is 64.3 Å². The Morgan fingerprint density at radius 3 is 2.33 bits per heavy atom. The van der Waals surface area contributed by atoms with Gasteiger partial charge in [-0.15, -0.1) is 0 Å². The molecule has 0 bridgehead atoms. The summed E-state index contributed by atoms with van der Waals surface area (Å²) in [7, 11) is 0. The van der Waals surface area contributed by atoms with E-state index in [4.69, 9.17) is 5.73 Å². The van der Waals surface area contributed by atoms with Crippen LogP contribution in [0, 0.1) is 5.92 Å². The second-order valence-corrected chi connectivity index (χ2v) is 4.28. The van der Waals surface area contributed by atoms with Crippen molar-refractivity contribution >= 4 is 0 Å². The lowest BCUT2D eigenvalue weighted by Crippen LogP contribution is -2.26. The van der Waals surface area contributed by atoms with E-state index in [2.05, 4.69) is 6.92 Å². The Kier molecular flexibility index (Phi) is 4.67. The summed E-state index contributed by atoms with van der Waals surface area (Å²) in [4.78, 5) is 0. The number of hydrogen-bond acceptors (Lipinski definition) is 1. The largest absolute Gasteiger partial charge is 0.328 e. The van der Waals surface area contributed by atoms with E-state index in [1.165, 1.54) is 51.4 Å². The predicted molar refractivity (Wildman–Crippen MR) is 54.1 cm³/mol. The molecule has 1 aliphatic carbocycles. The van der Waals surface area contributed by atoms with Crippen LogP contribution in [0.4, 0.5) is 0 Å². The van der Waals surface area contributed by atoms with Crippen molar-refractivity contribution in [3.63, 3.8) is 0 Å². The molecule has 1 heteroatoms. The van der Waals surface area contributed by atoms with Gasteiger partial charge in [-0.3, -0.25) is 0 Å². The summed E-state index contributed by atoms with van der Waals surface area (Å²) in [6.45, 7) is 2.27. The van der Waals surface area contributed by atoms with E-state index in [0.717, 1.165) is 5.92 Å². The first kappa shape index (κ1) is 10.0. The lowest BCUT2D eigenvalue weighted by atomic mass is 9.83. The van der Waals surface area contributed by atoms with Gasteiger partial charge in [0.2, 0.25) is 0 Å². The second-order valence-electron chi connectivity index (χ2n) is 4.28. The van der Waals surface area contributed by atoms with Crippen molar-refractivity contribution in [3.05, 3.63) is 0 Å². The quantitative estimate of drug-likeness (QED) is 0.643. The molecule has 0 radical (unpaired) electrons. The third kappa shape index (κ3) is 3.57. The molecule has 0 aromatic rings. The normalized spacial score (nSPS) is 30.5. The fraction of sp³-hybridized carbons (Fsp3) is 1.00. The van der Waals surface area contributed by atoms with Crippen molar-refractivity contribution in [2.24, 2.45) is 11.7 Å². The zero-order valence-electron chi connectivity index (χ0n) is 8.39. The molecule has 0 aromatic carbocycles. The predicted octanol–water partition coefficient (Wildman–Crippen LogP) is 3.08. The molecule has 0 heterocycles. The van der Waals surface area contributed by atoms with Gasteiger partial charge in [0.05, 0.1) is 0 Å². The lowest BCUT2D eigenvalue weighted by Gasteiger charge is -2.25. The van der Waals surface area contributed by atoms with E-state index >= 15 is 0 Å². The Hall–Kier alpha value is -0.0400. The maximum atomic E-state index is 5.85. The molecule has 0 saturated heterocycles. The SMILES string of the molecule is CCCCC[C@H]1CC[C@H](N)CC1. The zero-order valence-corrected chi connectivity index (χ0v) is 8.39. The summed E-state index contributed by atoms with van der Waals surface area (Å²) < 4.78 is 0. The first-order valence-electron chi connectivity index (χ1n) is 5.58. The van der Waals surface area contributed by atoms with Crippen LogP contribution in [0.1, 0.15) is 58.3 Å². The molecule has 0 atom stereocenters. The van der Waals surface area contributed by atoms with Crippen LogP contribution in [0.5, 0.6) is 0 Å². The van der Waals surface area contributed by atoms with Gasteiger partial charge in [-0.2, -0.15) is 0 Å². The molecule has 0 unspecified atom stereocenters. The van der Waals surface area contributed by atoms with Gasteiger partial charge in [0.1, 0.15) is 0 Å². The molecule has 0 aliphatic heterocycles. The lowest BCUT2D eigenvalue weighted by molar-refractivity contribution is 0.303. The van der Waals surface area contributed by atoms with Crippen LogP contribution in [0.15, 0.2) is 0 Å². The maximum absolute atomic E-state index is 5.85. The van der Waals surface area contributed by atoms with E-state index < -0.39 is 0 Å². The third-order valence-corrected chi connectivity index (χ3v) is 3.11. The highest BCUT2D eigenvalue weighted by Crippen LogP contribution is 2.27. The number of unbranched alkanes of at least 4 members (excludes halogenated alkanes) is 2. The van der Waals surface area contributed by atoms with Crippen LogP contribution in [0.25, 0.3) is 0 Å². The first-order chi connectivity index (χ1) is 5.83. The van der Waals surface area contributed by atoms with Crippen LogP contribution in [-0.4, -0.2) is 6.04 Å². The van der Waals surface area contributed by atoms with Gasteiger partial charge in [0, 0.05) is 6.04 Å². The minimum Gasteiger partial charge on any atom is -0.328 e. The van der Waals surface area contributed by atoms with Crippen molar-refractivity contribution in [2.75, 3.05) is 0 Å². The molecule has 2 N–H and O–H groups in total. The molecule has 0 amide bonds. The highest BCUT2D eigenvalue weighted by atomic mass is 14.6. The monoisotopic (exact) mass is 169 g/mol. The average molecular weight is 169 g/mol. The topological polar surface area (TPSA) is 26.0 Å². The van der Waals surface area contributed by atoms with Gasteiger partial charge in [-0.1, -0.05) is 32.6 Å². The van der Waals surface area contributed by atoms with Gasteiger partial charge in [0.15, 0.2) is 0 Å². The molecular weight excluding hydrogens is 146 g/mol.